The van der Waals surface area contributed by atoms with Crippen LogP contribution in [0.3, 0.4) is 0 Å². The minimum atomic E-state index is -1.36. The zero-order valence-electron chi connectivity index (χ0n) is 27.2. The summed E-state index contributed by atoms with van der Waals surface area (Å²) < 4.78 is 19.7. The number of nitrogens with zero attached hydrogens (tertiary/aromatic N) is 5. The molecule has 0 saturated carbocycles. The highest BCUT2D eigenvalue weighted by Gasteiger charge is 2.47. The Bertz CT molecular complexity index is 2200. The molecule has 0 bridgehead atoms. The van der Waals surface area contributed by atoms with Crippen molar-refractivity contribution in [1.82, 2.24) is 25.2 Å². The highest BCUT2D eigenvalue weighted by atomic mass is 35.5. The highest BCUT2D eigenvalue weighted by Crippen LogP contribution is 2.46. The molecule has 14 heteroatoms. The molecule has 0 spiro atoms. The number of fused-ring (bicyclic) bond motifs is 2. The Morgan fingerprint density at radius 2 is 1.92 bits per heavy atom. The fourth-order valence-electron chi connectivity index (χ4n) is 6.60. The maximum atomic E-state index is 13.2. The summed E-state index contributed by atoms with van der Waals surface area (Å²) >= 11 is 14.1. The Labute approximate surface area is 302 Å². The average Bonchev–Trinajstić information content (AvgIpc) is 3.57. The number of nitriles is 1. The van der Waals surface area contributed by atoms with Gasteiger partial charge in [-0.2, -0.15) is 5.26 Å². The molecule has 3 aromatic heterocycles. The summed E-state index contributed by atoms with van der Waals surface area (Å²) in [6, 6.07) is 16.4. The zero-order valence-corrected chi connectivity index (χ0v) is 28.7. The SMILES string of the molecule is N#Cc1cc(CN2CC(O)(CF)C2)cc2nc(C3(Nc4nccc5cc(CNC(CO)CO)cnc45)C=CC=C(c4ccccc4Cl)C3Cl)oc12. The molecule has 1 aliphatic carbocycles. The number of halogens is 3. The van der Waals surface area contributed by atoms with Gasteiger partial charge in [-0.15, -0.1) is 11.6 Å². The summed E-state index contributed by atoms with van der Waals surface area (Å²) in [5.74, 6) is 0.572. The number of nitrogens with one attached hydrogen (secondary N) is 2. The van der Waals surface area contributed by atoms with E-state index in [1.807, 2.05) is 59.5 Å². The topological polar surface area (TPSA) is 164 Å². The molecule has 2 aliphatic rings. The van der Waals surface area contributed by atoms with Crippen LogP contribution in [0.15, 0.2) is 83.6 Å². The van der Waals surface area contributed by atoms with Gasteiger partial charge in [0.15, 0.2) is 16.9 Å². The first kappa shape index (κ1) is 35.0. The molecule has 11 nitrogen and oxygen atoms in total. The van der Waals surface area contributed by atoms with Gasteiger partial charge in [-0.25, -0.2) is 14.4 Å². The number of aliphatic hydroxyl groups is 3. The number of hydrogen-bond acceptors (Lipinski definition) is 11. The van der Waals surface area contributed by atoms with Crippen LogP contribution in [0, 0.1) is 11.3 Å². The van der Waals surface area contributed by atoms with Gasteiger partial charge in [0.25, 0.3) is 0 Å². The molecule has 2 aromatic carbocycles. The minimum absolute atomic E-state index is 0.175. The molecule has 1 saturated heterocycles. The average molecular weight is 731 g/mol. The van der Waals surface area contributed by atoms with Crippen LogP contribution >= 0.6 is 23.2 Å². The van der Waals surface area contributed by atoms with Gasteiger partial charge in [0.2, 0.25) is 5.89 Å². The number of pyridine rings is 2. The van der Waals surface area contributed by atoms with Crippen LogP contribution in [0.5, 0.6) is 0 Å². The largest absolute Gasteiger partial charge is 0.436 e. The number of alkyl halides is 2. The second-order valence-corrected chi connectivity index (χ2v) is 13.8. The summed E-state index contributed by atoms with van der Waals surface area (Å²) in [4.78, 5) is 16.2. The van der Waals surface area contributed by atoms with Crippen LogP contribution in [0.1, 0.15) is 28.1 Å². The molecular formula is C37H34Cl2FN7O4. The first-order valence-electron chi connectivity index (χ1n) is 16.3. The fourth-order valence-corrected chi connectivity index (χ4v) is 7.25. The molecular weight excluding hydrogens is 696 g/mol. The lowest BCUT2D eigenvalue weighted by atomic mass is 9.82. The van der Waals surface area contributed by atoms with Crippen LogP contribution in [-0.4, -0.2) is 85.2 Å². The molecule has 5 aromatic rings. The molecule has 0 amide bonds. The molecule has 0 radical (unpaired) electrons. The second kappa shape index (κ2) is 14.3. The number of aromatic nitrogens is 3. The smallest absolute Gasteiger partial charge is 0.227 e. The number of benzene rings is 2. The zero-order chi connectivity index (χ0) is 35.8. The number of allylic oxidation sites excluding steroid dienone is 2. The monoisotopic (exact) mass is 729 g/mol. The van der Waals surface area contributed by atoms with Gasteiger partial charge in [-0.05, 0) is 58.7 Å². The number of likely N-dealkylation sites (tertiary alicyclic amines) is 1. The third-order valence-electron chi connectivity index (χ3n) is 9.22. The van der Waals surface area contributed by atoms with E-state index in [1.165, 1.54) is 0 Å². The summed E-state index contributed by atoms with van der Waals surface area (Å²) in [5, 5.41) is 46.3. The molecule has 1 aliphatic heterocycles. The Kier molecular flexibility index (Phi) is 9.80. The number of oxazole rings is 1. The van der Waals surface area contributed by atoms with Crippen molar-refractivity contribution in [3.63, 3.8) is 0 Å². The Hall–Kier alpha value is -4.45. The normalized spacial score (nSPS) is 20.0. The molecule has 1 fully saturated rings. The van der Waals surface area contributed by atoms with E-state index >= 15 is 0 Å². The van der Waals surface area contributed by atoms with Crippen molar-refractivity contribution in [3.8, 4) is 6.07 Å². The van der Waals surface area contributed by atoms with Gasteiger partial charge in [-0.3, -0.25) is 9.88 Å². The second-order valence-electron chi connectivity index (χ2n) is 13.0. The van der Waals surface area contributed by atoms with Crippen LogP contribution in [0.25, 0.3) is 27.6 Å². The van der Waals surface area contributed by atoms with Crippen LogP contribution in [0.2, 0.25) is 5.02 Å². The standard InChI is InChI=1S/C37H34Cl2FN7O4/c38-29-6-2-1-4-27(29)28-5-3-8-37(33(28)39,46-34-31-24(7-9-42-34)11-23(15-44-31)14-43-26(17-48)18-49)35-45-30-12-22(10-25(13-41)32(30)51-35)16-47-20-36(50,19-40)21-47/h1-12,15,26,33,43,48-50H,14,16-21H2,(H,42,46). The van der Waals surface area contributed by atoms with E-state index in [-0.39, 0.29) is 43.3 Å². The first-order chi connectivity index (χ1) is 24.7. The fraction of sp³-hybridized carbons (Fsp3) is 0.297. The quantitative estimate of drug-likeness (QED) is 0.112. The molecule has 4 heterocycles. The number of anilines is 1. The van der Waals surface area contributed by atoms with Crippen molar-refractivity contribution in [2.45, 2.75) is 35.6 Å². The van der Waals surface area contributed by atoms with E-state index in [2.05, 4.69) is 21.7 Å². The van der Waals surface area contributed by atoms with E-state index in [9.17, 15) is 25.0 Å². The van der Waals surface area contributed by atoms with Crippen molar-refractivity contribution in [2.24, 2.45) is 0 Å². The lowest BCUT2D eigenvalue weighted by Gasteiger charge is -2.44. The summed E-state index contributed by atoms with van der Waals surface area (Å²) in [7, 11) is 0. The lowest BCUT2D eigenvalue weighted by Crippen LogP contribution is -2.62. The van der Waals surface area contributed by atoms with E-state index in [1.54, 1.807) is 24.5 Å². The highest BCUT2D eigenvalue weighted by molar-refractivity contribution is 6.34. The van der Waals surface area contributed by atoms with Gasteiger partial charge in [0.1, 0.15) is 29.4 Å². The number of β-amino-alcohol motifs (C(OH)–C–C–N with tert-alkyl or cyclic N) is 1. The van der Waals surface area contributed by atoms with Crippen LogP contribution < -0.4 is 10.6 Å². The van der Waals surface area contributed by atoms with Gasteiger partial charge >= 0.3 is 0 Å². The molecule has 5 N–H and O–H groups in total. The minimum Gasteiger partial charge on any atom is -0.436 e. The maximum absolute atomic E-state index is 13.2. The Morgan fingerprint density at radius 1 is 1.12 bits per heavy atom. The van der Waals surface area contributed by atoms with Gasteiger partial charge < -0.3 is 30.4 Å². The Morgan fingerprint density at radius 3 is 2.67 bits per heavy atom. The van der Waals surface area contributed by atoms with Crippen molar-refractivity contribution >= 4 is 56.6 Å². The Balaban J connectivity index is 1.30. The predicted octanol–water partition coefficient (Wildman–Crippen LogP) is 4.82. The molecule has 2 unspecified atom stereocenters. The molecule has 51 heavy (non-hydrogen) atoms. The first-order valence-corrected chi connectivity index (χ1v) is 17.1. The maximum Gasteiger partial charge on any atom is 0.227 e. The summed E-state index contributed by atoms with van der Waals surface area (Å²) in [6.45, 7) is -0.0845. The molecule has 2 atom stereocenters. The van der Waals surface area contributed by atoms with Gasteiger partial charge in [0, 0.05) is 49.0 Å². The summed E-state index contributed by atoms with van der Waals surface area (Å²) in [6.07, 6.45) is 8.90. The van der Waals surface area contributed by atoms with Gasteiger partial charge in [-0.1, -0.05) is 42.0 Å². The van der Waals surface area contributed by atoms with Crippen LogP contribution in [-0.2, 0) is 18.6 Å². The van der Waals surface area contributed by atoms with E-state index in [0.29, 0.717) is 40.5 Å². The van der Waals surface area contributed by atoms with E-state index in [0.717, 1.165) is 22.1 Å². The van der Waals surface area contributed by atoms with Crippen molar-refractivity contribution in [3.05, 3.63) is 112 Å². The number of hydrogen-bond donors (Lipinski definition) is 5. The third-order valence-corrected chi connectivity index (χ3v) is 10.1. The summed E-state index contributed by atoms with van der Waals surface area (Å²) in [5.41, 5.74) is 1.83. The third kappa shape index (κ3) is 6.70. The van der Waals surface area contributed by atoms with Crippen molar-refractivity contribution in [1.29, 1.82) is 5.26 Å². The number of aliphatic hydroxyl groups excluding tert-OH is 2. The molecule has 262 valence electrons. The van der Waals surface area contributed by atoms with Crippen molar-refractivity contribution < 1.29 is 24.1 Å². The van der Waals surface area contributed by atoms with E-state index < -0.39 is 29.2 Å². The van der Waals surface area contributed by atoms with Crippen molar-refractivity contribution in [2.75, 3.05) is 38.3 Å². The van der Waals surface area contributed by atoms with Gasteiger partial charge in [0.05, 0.1) is 30.2 Å². The lowest BCUT2D eigenvalue weighted by molar-refractivity contribution is -0.113. The predicted molar refractivity (Wildman–Crippen MR) is 193 cm³/mol. The van der Waals surface area contributed by atoms with Crippen LogP contribution in [0.4, 0.5) is 10.2 Å². The molecule has 7 rings (SSSR count). The van der Waals surface area contributed by atoms with E-state index in [4.69, 9.17) is 37.6 Å². The number of rotatable bonds is 12.